The Labute approximate surface area is 389 Å². The van der Waals surface area contributed by atoms with Crippen LogP contribution in [0.5, 0.6) is 0 Å². The second-order valence-corrected chi connectivity index (χ2v) is 13.4. The fraction of sp³-hybridized carbons (Fsp3) is 0.929. The Kier molecular flexibility index (Phi) is 47.3. The highest BCUT2D eigenvalue weighted by molar-refractivity contribution is 6.01. The van der Waals surface area contributed by atoms with E-state index in [9.17, 15) is 14.4 Å². The van der Waals surface area contributed by atoms with Crippen molar-refractivity contribution in [3.05, 3.63) is 0 Å². The summed E-state index contributed by atoms with van der Waals surface area (Å²) in [6, 6.07) is 0. The molecule has 0 bridgehead atoms. The second kappa shape index (κ2) is 50.6. The van der Waals surface area contributed by atoms with E-state index >= 15 is 0 Å². The number of amides is 2. The quantitative estimate of drug-likeness (QED) is 0.0447. The lowest BCUT2D eigenvalue weighted by molar-refractivity contribution is -0.178. The Hall–Kier alpha value is -2.31. The predicted molar refractivity (Wildman–Crippen MR) is 229 cm³/mol. The van der Waals surface area contributed by atoms with E-state index in [1.807, 2.05) is 0 Å². The molecular weight excluding hydrogens is 886 g/mol. The summed E-state index contributed by atoms with van der Waals surface area (Å²) < 4.78 is 103. The summed E-state index contributed by atoms with van der Waals surface area (Å²) in [6.07, 6.45) is -1.99. The Morgan fingerprint density at radius 3 is 0.879 bits per heavy atom. The van der Waals surface area contributed by atoms with Gasteiger partial charge in [0.2, 0.25) is 0 Å². The third-order valence-electron chi connectivity index (χ3n) is 8.14. The maximum Gasteiger partial charge on any atom is 0.534 e. The van der Waals surface area contributed by atoms with Gasteiger partial charge in [-0.15, -0.1) is 0 Å². The summed E-state index contributed by atoms with van der Waals surface area (Å²) >= 11 is 0. The van der Waals surface area contributed by atoms with E-state index in [1.54, 1.807) is 14.2 Å². The van der Waals surface area contributed by atoms with Gasteiger partial charge in [-0.25, -0.2) is 4.79 Å². The van der Waals surface area contributed by atoms with Crippen molar-refractivity contribution in [1.82, 2.24) is 5.06 Å². The van der Waals surface area contributed by atoms with Crippen LogP contribution in [0.25, 0.3) is 0 Å². The molecule has 0 aliphatic carbocycles. The van der Waals surface area contributed by atoms with Crippen LogP contribution in [0.3, 0.4) is 0 Å². The van der Waals surface area contributed by atoms with Crippen molar-refractivity contribution in [2.24, 2.45) is 0 Å². The SMILES string of the molecule is COCCOCCOCCOCCOCCOCCOCCOCCOCC(COC(=O)ON1C(=O)CCC1=O)OCCOCCOCCOCCOCCOCCOCCOCCOC. The number of ether oxygens (including phenoxy) is 19. The Morgan fingerprint density at radius 2 is 0.606 bits per heavy atom. The summed E-state index contributed by atoms with van der Waals surface area (Å²) in [6.45, 7) is 13.7. The fourth-order valence-electron chi connectivity index (χ4n) is 4.80. The van der Waals surface area contributed by atoms with Gasteiger partial charge in [0.25, 0.3) is 11.8 Å². The molecule has 1 atom stereocenters. The zero-order chi connectivity index (χ0) is 47.5. The summed E-state index contributed by atoms with van der Waals surface area (Å²) in [7, 11) is 3.26. The van der Waals surface area contributed by atoms with Crippen LogP contribution in [0, 0.1) is 0 Å². The summed E-state index contributed by atoms with van der Waals surface area (Å²) in [4.78, 5) is 40.4. The first-order chi connectivity index (χ1) is 32.6. The normalized spacial score (nSPS) is 13.3. The Balaban J connectivity index is 2.01. The zero-order valence-electron chi connectivity index (χ0n) is 39.4. The third kappa shape index (κ3) is 43.0. The number of hydrogen-bond acceptors (Lipinski definition) is 23. The van der Waals surface area contributed by atoms with Gasteiger partial charge in [-0.2, -0.15) is 0 Å². The van der Waals surface area contributed by atoms with Crippen LogP contribution in [0.15, 0.2) is 0 Å². The highest BCUT2D eigenvalue weighted by Crippen LogP contribution is 2.13. The van der Waals surface area contributed by atoms with Crippen molar-refractivity contribution in [2.75, 3.05) is 239 Å². The first-order valence-corrected chi connectivity index (χ1v) is 22.5. The summed E-state index contributed by atoms with van der Waals surface area (Å²) in [5.74, 6) is -1.24. The van der Waals surface area contributed by atoms with Crippen molar-refractivity contribution in [1.29, 1.82) is 0 Å². The first kappa shape index (κ1) is 61.7. The average Bonchev–Trinajstić information content (AvgIpc) is 3.63. The number of hydroxylamine groups is 2. The molecule has 0 aromatic heterocycles. The van der Waals surface area contributed by atoms with E-state index in [2.05, 4.69) is 0 Å². The van der Waals surface area contributed by atoms with E-state index < -0.39 is 24.1 Å². The molecule has 1 saturated heterocycles. The van der Waals surface area contributed by atoms with Gasteiger partial charge >= 0.3 is 6.16 Å². The van der Waals surface area contributed by atoms with Gasteiger partial charge in [0, 0.05) is 27.1 Å². The molecule has 1 aliphatic rings. The minimum absolute atomic E-state index is 0.0362. The van der Waals surface area contributed by atoms with E-state index in [1.165, 1.54) is 0 Å². The topological polar surface area (TPSA) is 239 Å². The van der Waals surface area contributed by atoms with Crippen LogP contribution in [-0.2, 0) is 104 Å². The van der Waals surface area contributed by atoms with Crippen molar-refractivity contribution in [2.45, 2.75) is 18.9 Å². The van der Waals surface area contributed by atoms with Crippen LogP contribution < -0.4 is 0 Å². The second-order valence-electron chi connectivity index (χ2n) is 13.4. The minimum atomic E-state index is -1.21. The fourth-order valence-corrected chi connectivity index (χ4v) is 4.80. The van der Waals surface area contributed by atoms with Gasteiger partial charge in [-0.05, 0) is 0 Å². The molecule has 390 valence electrons. The largest absolute Gasteiger partial charge is 0.534 e. The standard InChI is InChI=1S/C42H79NO23/c1-47-5-7-49-9-11-51-13-15-53-17-19-55-21-22-57-25-26-59-29-30-61-33-34-63-37-39(38-65-42(46)66-43-40(44)3-4-41(43)45)64-36-35-62-32-31-60-28-27-58-24-23-56-20-18-54-16-14-52-12-10-50-8-6-48-2/h39H,3-38H2,1-2H3. The zero-order valence-corrected chi connectivity index (χ0v) is 39.4. The van der Waals surface area contributed by atoms with E-state index in [-0.39, 0.29) is 52.5 Å². The van der Waals surface area contributed by atoms with Crippen LogP contribution in [0.1, 0.15) is 12.8 Å². The first-order valence-electron chi connectivity index (χ1n) is 22.5. The summed E-state index contributed by atoms with van der Waals surface area (Å²) in [5.41, 5.74) is 0. The number of nitrogens with zero attached hydrogens (tertiary/aromatic N) is 1. The molecule has 0 radical (unpaired) electrons. The van der Waals surface area contributed by atoms with E-state index in [0.29, 0.717) is 190 Å². The number of carbonyl (C=O) groups excluding carboxylic acids is 3. The number of methoxy groups -OCH3 is 2. The van der Waals surface area contributed by atoms with Gasteiger partial charge in [0.05, 0.1) is 218 Å². The summed E-state index contributed by atoms with van der Waals surface area (Å²) in [5, 5.41) is 0.404. The van der Waals surface area contributed by atoms with Crippen LogP contribution >= 0.6 is 0 Å². The molecule has 1 unspecified atom stereocenters. The predicted octanol–water partition coefficient (Wildman–Crippen LogP) is 0.131. The lowest BCUT2D eigenvalue weighted by Gasteiger charge is -2.19. The Morgan fingerprint density at radius 1 is 0.364 bits per heavy atom. The van der Waals surface area contributed by atoms with Crippen molar-refractivity contribution in [3.8, 4) is 0 Å². The molecule has 0 aromatic rings. The number of rotatable bonds is 54. The highest BCUT2D eigenvalue weighted by Gasteiger charge is 2.33. The lowest BCUT2D eigenvalue weighted by Crippen LogP contribution is -2.34. The molecule has 1 aliphatic heterocycles. The molecule has 2 amide bonds. The molecule has 24 heteroatoms. The third-order valence-corrected chi connectivity index (χ3v) is 8.14. The molecule has 1 heterocycles. The molecule has 66 heavy (non-hydrogen) atoms. The number of imide groups is 1. The smallest absolute Gasteiger partial charge is 0.430 e. The van der Waals surface area contributed by atoms with Crippen molar-refractivity contribution >= 4 is 18.0 Å². The maximum atomic E-state index is 12.2. The van der Waals surface area contributed by atoms with Crippen LogP contribution in [0.2, 0.25) is 0 Å². The molecule has 1 fully saturated rings. The minimum Gasteiger partial charge on any atom is -0.430 e. The molecule has 0 saturated carbocycles. The van der Waals surface area contributed by atoms with Gasteiger partial charge in [0.1, 0.15) is 12.7 Å². The van der Waals surface area contributed by atoms with Crippen molar-refractivity contribution in [3.63, 3.8) is 0 Å². The molecule has 0 spiro atoms. The van der Waals surface area contributed by atoms with Crippen molar-refractivity contribution < 1.29 is 109 Å². The molecule has 1 rings (SSSR count). The number of hydrogen-bond donors (Lipinski definition) is 0. The monoisotopic (exact) mass is 966 g/mol. The lowest BCUT2D eigenvalue weighted by atomic mass is 10.4. The average molecular weight is 966 g/mol. The van der Waals surface area contributed by atoms with Gasteiger partial charge in [-0.1, -0.05) is 5.06 Å². The van der Waals surface area contributed by atoms with E-state index in [0.717, 1.165) is 0 Å². The van der Waals surface area contributed by atoms with Gasteiger partial charge in [-0.3, -0.25) is 14.4 Å². The Bertz CT molecular complexity index is 1050. The van der Waals surface area contributed by atoms with Gasteiger partial charge < -0.3 is 90.0 Å². The van der Waals surface area contributed by atoms with E-state index in [4.69, 9.17) is 94.8 Å². The molecule has 0 N–H and O–H groups in total. The highest BCUT2D eigenvalue weighted by atomic mass is 16.8. The molecule has 0 aromatic carbocycles. The van der Waals surface area contributed by atoms with Crippen LogP contribution in [-0.4, -0.2) is 268 Å². The maximum absolute atomic E-state index is 12.2. The van der Waals surface area contributed by atoms with Gasteiger partial charge in [0.15, 0.2) is 0 Å². The molecular formula is C42H79NO23. The number of carbonyl (C=O) groups is 3. The van der Waals surface area contributed by atoms with Crippen LogP contribution in [0.4, 0.5) is 4.79 Å². The molecule has 24 nitrogen and oxygen atoms in total.